The molecule has 2 heteroatoms. The molecule has 0 fully saturated rings. The minimum absolute atomic E-state index is 0.198. The first kappa shape index (κ1) is 9.74. The van der Waals surface area contributed by atoms with Gasteiger partial charge in [0.1, 0.15) is 12.5 Å². The minimum Gasteiger partial charge on any atom is -0.478 e. The molecule has 0 aliphatic carbocycles. The monoisotopic (exact) mass is 199 g/mol. The van der Waals surface area contributed by atoms with E-state index in [0.29, 0.717) is 0 Å². The fourth-order valence-corrected chi connectivity index (χ4v) is 1.54. The number of rotatable bonds is 3. The highest BCUT2D eigenvalue weighted by Gasteiger charge is 2.03. The smallest absolute Gasteiger partial charge is 0.137 e. The molecule has 76 valence electrons. The molecule has 0 saturated heterocycles. The number of benzene rings is 2. The maximum Gasteiger partial charge on any atom is 0.137 e. The number of nitrogens with two attached hydrogens (primary N) is 1. The second-order valence-electron chi connectivity index (χ2n) is 3.17. The van der Waals surface area contributed by atoms with Crippen molar-refractivity contribution in [3.05, 3.63) is 54.6 Å². The third-order valence-corrected chi connectivity index (χ3v) is 2.21. The van der Waals surface area contributed by atoms with Crippen LogP contribution in [0.3, 0.4) is 0 Å². The van der Waals surface area contributed by atoms with E-state index in [1.54, 1.807) is 0 Å². The number of hydrogen-bond acceptors (Lipinski definition) is 2. The van der Waals surface area contributed by atoms with Crippen molar-refractivity contribution in [3.8, 4) is 16.9 Å². The first-order valence-corrected chi connectivity index (χ1v) is 4.89. The van der Waals surface area contributed by atoms with Crippen molar-refractivity contribution < 1.29 is 4.74 Å². The van der Waals surface area contributed by atoms with Crippen LogP contribution >= 0.6 is 0 Å². The summed E-state index contributed by atoms with van der Waals surface area (Å²) in [6.45, 7) is 0.198. The average molecular weight is 199 g/mol. The summed E-state index contributed by atoms with van der Waals surface area (Å²) in [5.41, 5.74) is 7.60. The van der Waals surface area contributed by atoms with Crippen LogP contribution in [0.25, 0.3) is 11.1 Å². The summed E-state index contributed by atoms with van der Waals surface area (Å²) >= 11 is 0. The van der Waals surface area contributed by atoms with Gasteiger partial charge < -0.3 is 4.74 Å². The maximum absolute atomic E-state index is 5.39. The first-order valence-electron chi connectivity index (χ1n) is 4.89. The Bertz CT molecular complexity index is 426. The van der Waals surface area contributed by atoms with Crippen molar-refractivity contribution in [2.45, 2.75) is 0 Å². The summed E-state index contributed by atoms with van der Waals surface area (Å²) in [5, 5.41) is 0. The van der Waals surface area contributed by atoms with Gasteiger partial charge in [-0.05, 0) is 11.6 Å². The van der Waals surface area contributed by atoms with Crippen molar-refractivity contribution >= 4 is 0 Å². The van der Waals surface area contributed by atoms with Crippen LogP contribution in [0.15, 0.2) is 54.6 Å². The molecule has 0 aromatic heterocycles. The normalized spacial score (nSPS) is 9.93. The third-order valence-electron chi connectivity index (χ3n) is 2.21. The van der Waals surface area contributed by atoms with Crippen LogP contribution in [0.2, 0.25) is 0 Å². The molecule has 0 heterocycles. The molecule has 0 radical (unpaired) electrons. The van der Waals surface area contributed by atoms with E-state index >= 15 is 0 Å². The quantitative estimate of drug-likeness (QED) is 0.771. The van der Waals surface area contributed by atoms with E-state index in [9.17, 15) is 0 Å². The maximum atomic E-state index is 5.39. The molecule has 0 spiro atoms. The van der Waals surface area contributed by atoms with E-state index in [2.05, 4.69) is 12.1 Å². The van der Waals surface area contributed by atoms with Crippen molar-refractivity contribution in [1.29, 1.82) is 0 Å². The summed E-state index contributed by atoms with van der Waals surface area (Å²) < 4.78 is 5.37. The third kappa shape index (κ3) is 2.17. The van der Waals surface area contributed by atoms with Crippen molar-refractivity contribution in [1.82, 2.24) is 0 Å². The van der Waals surface area contributed by atoms with Crippen molar-refractivity contribution in [3.63, 3.8) is 0 Å². The van der Waals surface area contributed by atoms with Gasteiger partial charge in [-0.25, -0.2) is 0 Å². The molecule has 15 heavy (non-hydrogen) atoms. The summed E-state index contributed by atoms with van der Waals surface area (Å²) in [4.78, 5) is 0. The Kier molecular flexibility index (Phi) is 3.00. The van der Waals surface area contributed by atoms with Crippen LogP contribution in [0.5, 0.6) is 5.75 Å². The molecule has 0 aliphatic heterocycles. The van der Waals surface area contributed by atoms with Gasteiger partial charge in [0.2, 0.25) is 0 Å². The van der Waals surface area contributed by atoms with E-state index in [0.717, 1.165) is 16.9 Å². The highest BCUT2D eigenvalue weighted by Crippen LogP contribution is 2.28. The second kappa shape index (κ2) is 4.62. The Balaban J connectivity index is 2.43. The predicted octanol–water partition coefficient (Wildman–Crippen LogP) is 2.65. The van der Waals surface area contributed by atoms with Crippen molar-refractivity contribution in [2.24, 2.45) is 5.73 Å². The van der Waals surface area contributed by atoms with Crippen LogP contribution < -0.4 is 10.5 Å². The second-order valence-corrected chi connectivity index (χ2v) is 3.17. The Morgan fingerprint density at radius 1 is 0.867 bits per heavy atom. The average Bonchev–Trinajstić information content (AvgIpc) is 2.31. The van der Waals surface area contributed by atoms with E-state index in [1.807, 2.05) is 42.5 Å². The Labute approximate surface area is 89.3 Å². The zero-order valence-corrected chi connectivity index (χ0v) is 8.39. The van der Waals surface area contributed by atoms with Gasteiger partial charge in [-0.1, -0.05) is 48.5 Å². The highest BCUT2D eigenvalue weighted by molar-refractivity contribution is 5.70. The molecular weight excluding hydrogens is 186 g/mol. The molecule has 2 nitrogen and oxygen atoms in total. The van der Waals surface area contributed by atoms with Gasteiger partial charge in [0.15, 0.2) is 0 Å². The molecule has 0 saturated carbocycles. The topological polar surface area (TPSA) is 35.2 Å². The summed E-state index contributed by atoms with van der Waals surface area (Å²) in [5.74, 6) is 0.825. The SMILES string of the molecule is NCOc1ccccc1-c1ccccc1. The lowest BCUT2D eigenvalue weighted by atomic mass is 10.1. The molecular formula is C13H13NO. The van der Waals surface area contributed by atoms with Crippen molar-refractivity contribution in [2.75, 3.05) is 6.73 Å². The van der Waals surface area contributed by atoms with Crippen LogP contribution in [-0.4, -0.2) is 6.73 Å². The van der Waals surface area contributed by atoms with Gasteiger partial charge in [-0.15, -0.1) is 0 Å². The van der Waals surface area contributed by atoms with E-state index in [4.69, 9.17) is 10.5 Å². The van der Waals surface area contributed by atoms with Gasteiger partial charge in [0, 0.05) is 5.56 Å². The predicted molar refractivity (Wildman–Crippen MR) is 61.6 cm³/mol. The van der Waals surface area contributed by atoms with Crippen LogP contribution in [0, 0.1) is 0 Å². The zero-order valence-electron chi connectivity index (χ0n) is 8.39. The van der Waals surface area contributed by atoms with E-state index < -0.39 is 0 Å². The zero-order chi connectivity index (χ0) is 10.5. The lowest BCUT2D eigenvalue weighted by Gasteiger charge is -2.09. The molecule has 0 unspecified atom stereocenters. The van der Waals surface area contributed by atoms with E-state index in [1.165, 1.54) is 0 Å². The van der Waals surface area contributed by atoms with Gasteiger partial charge in [-0.3, -0.25) is 5.73 Å². The van der Waals surface area contributed by atoms with Crippen LogP contribution in [-0.2, 0) is 0 Å². The fraction of sp³-hybridized carbons (Fsp3) is 0.0769. The number of para-hydroxylation sites is 1. The Hall–Kier alpha value is -1.80. The molecule has 2 aromatic carbocycles. The van der Waals surface area contributed by atoms with Gasteiger partial charge in [0.05, 0.1) is 0 Å². The molecule has 0 atom stereocenters. The molecule has 2 aromatic rings. The number of ether oxygens (including phenoxy) is 1. The number of hydrogen-bond donors (Lipinski definition) is 1. The fourth-order valence-electron chi connectivity index (χ4n) is 1.54. The molecule has 0 bridgehead atoms. The molecule has 0 amide bonds. The van der Waals surface area contributed by atoms with E-state index in [-0.39, 0.29) is 6.73 Å². The Morgan fingerprint density at radius 2 is 1.53 bits per heavy atom. The van der Waals surface area contributed by atoms with Gasteiger partial charge >= 0.3 is 0 Å². The molecule has 2 N–H and O–H groups in total. The largest absolute Gasteiger partial charge is 0.478 e. The van der Waals surface area contributed by atoms with Gasteiger partial charge in [0.25, 0.3) is 0 Å². The van der Waals surface area contributed by atoms with Crippen LogP contribution in [0.4, 0.5) is 0 Å². The minimum atomic E-state index is 0.198. The first-order chi connectivity index (χ1) is 7.42. The summed E-state index contributed by atoms with van der Waals surface area (Å²) in [7, 11) is 0. The summed E-state index contributed by atoms with van der Waals surface area (Å²) in [6, 6.07) is 18.0. The lowest BCUT2D eigenvalue weighted by Crippen LogP contribution is -2.07. The Morgan fingerprint density at radius 3 is 2.27 bits per heavy atom. The summed E-state index contributed by atoms with van der Waals surface area (Å²) in [6.07, 6.45) is 0. The molecule has 0 aliphatic rings. The lowest BCUT2D eigenvalue weighted by molar-refractivity contribution is 0.331. The van der Waals surface area contributed by atoms with Gasteiger partial charge in [-0.2, -0.15) is 0 Å². The molecule has 2 rings (SSSR count). The standard InChI is InChI=1S/C13H13NO/c14-10-15-13-9-5-4-8-12(13)11-6-2-1-3-7-11/h1-9H,10,14H2. The van der Waals surface area contributed by atoms with Crippen LogP contribution in [0.1, 0.15) is 0 Å². The highest BCUT2D eigenvalue weighted by atomic mass is 16.5.